The molecular weight excluding hydrogens is 364 g/mol. The summed E-state index contributed by atoms with van der Waals surface area (Å²) in [5.74, 6) is -0.0584. The van der Waals surface area contributed by atoms with Gasteiger partial charge in [-0.3, -0.25) is 9.36 Å². The topological polar surface area (TPSA) is 61.3 Å². The maximum absolute atomic E-state index is 13.0. The van der Waals surface area contributed by atoms with Gasteiger partial charge in [-0.25, -0.2) is 4.79 Å². The quantitative estimate of drug-likeness (QED) is 0.752. The minimum atomic E-state index is -0.156. The standard InChI is InChI=1S/C20H21ClN4O2/c1-23(2)8-9-25-18-10-13(6-7-17(18)22-20(25)27)19(26)24-11-14-4-3-5-16(21)15(14)12-24/h3-7,10H,8-9,11-12H2,1-2H3,(H,22,27). The van der Waals surface area contributed by atoms with Crippen LogP contribution < -0.4 is 5.69 Å². The van der Waals surface area contributed by atoms with E-state index < -0.39 is 0 Å². The number of halogens is 1. The van der Waals surface area contributed by atoms with Crippen molar-refractivity contribution in [2.45, 2.75) is 19.6 Å². The molecule has 6 nitrogen and oxygen atoms in total. The Morgan fingerprint density at radius 1 is 1.22 bits per heavy atom. The summed E-state index contributed by atoms with van der Waals surface area (Å²) < 4.78 is 1.68. The van der Waals surface area contributed by atoms with Crippen LogP contribution in [0, 0.1) is 0 Å². The molecule has 0 saturated carbocycles. The molecule has 27 heavy (non-hydrogen) atoms. The van der Waals surface area contributed by atoms with Gasteiger partial charge in [0.1, 0.15) is 0 Å². The SMILES string of the molecule is CN(C)CCn1c(=O)[nH]c2ccc(C(=O)N3Cc4cccc(Cl)c4C3)cc21. The number of nitrogens with zero attached hydrogens (tertiary/aromatic N) is 3. The van der Waals surface area contributed by atoms with Crippen molar-refractivity contribution in [2.24, 2.45) is 0 Å². The highest BCUT2D eigenvalue weighted by Crippen LogP contribution is 2.30. The minimum Gasteiger partial charge on any atom is -0.330 e. The molecule has 140 valence electrons. The third-order valence-corrected chi connectivity index (χ3v) is 5.36. The second-order valence-electron chi connectivity index (χ2n) is 7.16. The highest BCUT2D eigenvalue weighted by atomic mass is 35.5. The number of benzene rings is 2. The van der Waals surface area contributed by atoms with Gasteiger partial charge in [0.25, 0.3) is 5.91 Å². The average molecular weight is 385 g/mol. The van der Waals surface area contributed by atoms with Crippen LogP contribution in [-0.2, 0) is 19.6 Å². The van der Waals surface area contributed by atoms with Crippen molar-refractivity contribution < 1.29 is 4.79 Å². The first-order chi connectivity index (χ1) is 12.9. The van der Waals surface area contributed by atoms with Crippen LogP contribution in [0.15, 0.2) is 41.2 Å². The first-order valence-corrected chi connectivity index (χ1v) is 9.24. The molecule has 1 aliphatic rings. The number of nitrogens with one attached hydrogen (secondary N) is 1. The van der Waals surface area contributed by atoms with E-state index in [0.717, 1.165) is 28.7 Å². The molecule has 7 heteroatoms. The number of hydrogen-bond acceptors (Lipinski definition) is 3. The maximum Gasteiger partial charge on any atom is 0.326 e. The molecule has 0 radical (unpaired) electrons. The van der Waals surface area contributed by atoms with E-state index in [-0.39, 0.29) is 11.6 Å². The van der Waals surface area contributed by atoms with Crippen molar-refractivity contribution in [3.63, 3.8) is 0 Å². The lowest BCUT2D eigenvalue weighted by Crippen LogP contribution is -2.26. The molecule has 2 aromatic carbocycles. The second-order valence-corrected chi connectivity index (χ2v) is 7.56. The largest absolute Gasteiger partial charge is 0.330 e. The van der Waals surface area contributed by atoms with E-state index in [1.54, 1.807) is 27.7 Å². The Kier molecular flexibility index (Phi) is 4.53. The predicted molar refractivity (Wildman–Crippen MR) is 106 cm³/mol. The van der Waals surface area contributed by atoms with E-state index in [9.17, 15) is 9.59 Å². The monoisotopic (exact) mass is 384 g/mol. The van der Waals surface area contributed by atoms with Crippen molar-refractivity contribution >= 4 is 28.5 Å². The number of likely N-dealkylation sites (N-methyl/N-ethyl adjacent to an activating group) is 1. The van der Waals surface area contributed by atoms with Crippen molar-refractivity contribution in [1.29, 1.82) is 0 Å². The Bertz CT molecular complexity index is 1080. The number of fused-ring (bicyclic) bond motifs is 2. The second kappa shape index (κ2) is 6.87. The van der Waals surface area contributed by atoms with Gasteiger partial charge in [-0.2, -0.15) is 0 Å². The molecule has 0 aliphatic carbocycles. The van der Waals surface area contributed by atoms with Gasteiger partial charge >= 0.3 is 5.69 Å². The molecule has 0 unspecified atom stereocenters. The highest BCUT2D eigenvalue weighted by Gasteiger charge is 2.26. The van der Waals surface area contributed by atoms with Crippen LogP contribution in [0.1, 0.15) is 21.5 Å². The maximum atomic E-state index is 13.0. The number of carbonyl (C=O) groups excluding carboxylic acids is 1. The fraction of sp³-hybridized carbons (Fsp3) is 0.300. The lowest BCUT2D eigenvalue weighted by Gasteiger charge is -2.16. The summed E-state index contributed by atoms with van der Waals surface area (Å²) in [7, 11) is 3.93. The van der Waals surface area contributed by atoms with Crippen LogP contribution in [0.25, 0.3) is 11.0 Å². The van der Waals surface area contributed by atoms with Gasteiger partial charge in [0.15, 0.2) is 0 Å². The summed E-state index contributed by atoms with van der Waals surface area (Å²) in [5, 5.41) is 0.696. The first-order valence-electron chi connectivity index (χ1n) is 8.87. The van der Waals surface area contributed by atoms with Crippen LogP contribution >= 0.6 is 11.6 Å². The number of rotatable bonds is 4. The number of carbonyl (C=O) groups is 1. The summed E-state index contributed by atoms with van der Waals surface area (Å²) >= 11 is 6.26. The van der Waals surface area contributed by atoms with E-state index in [2.05, 4.69) is 4.98 Å². The minimum absolute atomic E-state index is 0.0584. The van der Waals surface area contributed by atoms with Gasteiger partial charge in [0.05, 0.1) is 11.0 Å². The molecule has 0 saturated heterocycles. The lowest BCUT2D eigenvalue weighted by molar-refractivity contribution is 0.0751. The third-order valence-electron chi connectivity index (χ3n) is 5.01. The summed E-state index contributed by atoms with van der Waals surface area (Å²) in [5.41, 5.74) is 4.01. The van der Waals surface area contributed by atoms with Crippen molar-refractivity contribution in [2.75, 3.05) is 20.6 Å². The molecule has 2 heterocycles. The number of amides is 1. The smallest absolute Gasteiger partial charge is 0.326 e. The Balaban J connectivity index is 1.64. The molecule has 0 fully saturated rings. The van der Waals surface area contributed by atoms with Crippen LogP contribution in [0.4, 0.5) is 0 Å². The van der Waals surface area contributed by atoms with Crippen LogP contribution in [-0.4, -0.2) is 45.9 Å². The summed E-state index contributed by atoms with van der Waals surface area (Å²) in [6.45, 7) is 2.36. The van der Waals surface area contributed by atoms with Crippen LogP contribution in [0.3, 0.4) is 0 Å². The Hall–Kier alpha value is -2.57. The van der Waals surface area contributed by atoms with Crippen LogP contribution in [0.2, 0.25) is 5.02 Å². The summed E-state index contributed by atoms with van der Waals surface area (Å²) in [6.07, 6.45) is 0. The summed E-state index contributed by atoms with van der Waals surface area (Å²) in [6, 6.07) is 11.1. The first kappa shape index (κ1) is 17.8. The number of aromatic amines is 1. The van der Waals surface area contributed by atoms with E-state index in [1.807, 2.05) is 37.2 Å². The predicted octanol–water partition coefficient (Wildman–Crippen LogP) is 2.70. The van der Waals surface area contributed by atoms with Gasteiger partial charge in [-0.05, 0) is 49.5 Å². The van der Waals surface area contributed by atoms with E-state index in [0.29, 0.717) is 30.2 Å². The fourth-order valence-corrected chi connectivity index (χ4v) is 3.77. The van der Waals surface area contributed by atoms with Crippen molar-refractivity contribution in [1.82, 2.24) is 19.4 Å². The molecule has 1 N–H and O–H groups in total. The Labute approximate surface area is 162 Å². The Morgan fingerprint density at radius 2 is 2.04 bits per heavy atom. The molecule has 1 amide bonds. The van der Waals surface area contributed by atoms with Gasteiger partial charge in [0, 0.05) is 36.8 Å². The van der Waals surface area contributed by atoms with Crippen LogP contribution in [0.5, 0.6) is 0 Å². The molecule has 1 aliphatic heterocycles. The molecule has 4 rings (SSSR count). The van der Waals surface area contributed by atoms with Gasteiger partial charge in [-0.1, -0.05) is 23.7 Å². The molecule has 1 aromatic heterocycles. The molecular formula is C20H21ClN4O2. The molecule has 0 atom stereocenters. The van der Waals surface area contributed by atoms with Gasteiger partial charge in [0.2, 0.25) is 0 Å². The average Bonchev–Trinajstić information content (AvgIpc) is 3.20. The molecule has 0 spiro atoms. The molecule has 3 aromatic rings. The lowest BCUT2D eigenvalue weighted by atomic mass is 10.1. The van der Waals surface area contributed by atoms with E-state index >= 15 is 0 Å². The van der Waals surface area contributed by atoms with E-state index in [4.69, 9.17) is 11.6 Å². The number of aromatic nitrogens is 2. The zero-order valence-corrected chi connectivity index (χ0v) is 16.1. The fourth-order valence-electron chi connectivity index (χ4n) is 3.51. The number of imidazole rings is 1. The van der Waals surface area contributed by atoms with Gasteiger partial charge in [-0.15, -0.1) is 0 Å². The van der Waals surface area contributed by atoms with Crippen molar-refractivity contribution in [3.05, 3.63) is 68.6 Å². The number of hydrogen-bond donors (Lipinski definition) is 1. The Morgan fingerprint density at radius 3 is 2.78 bits per heavy atom. The molecule has 0 bridgehead atoms. The normalized spacial score (nSPS) is 13.6. The highest BCUT2D eigenvalue weighted by molar-refractivity contribution is 6.31. The zero-order chi connectivity index (χ0) is 19.1. The van der Waals surface area contributed by atoms with Gasteiger partial charge < -0.3 is 14.8 Å². The van der Waals surface area contributed by atoms with E-state index in [1.165, 1.54) is 0 Å². The third kappa shape index (κ3) is 3.26. The van der Waals surface area contributed by atoms with Crippen molar-refractivity contribution in [3.8, 4) is 0 Å². The summed E-state index contributed by atoms with van der Waals surface area (Å²) in [4.78, 5) is 31.9. The zero-order valence-electron chi connectivity index (χ0n) is 15.3. The number of H-pyrrole nitrogens is 1.